The number of carbonyl (C=O) groups excluding carboxylic acids is 2. The minimum absolute atomic E-state index is 0.0786. The Morgan fingerprint density at radius 3 is 2.37 bits per heavy atom. The van der Waals surface area contributed by atoms with E-state index in [1.54, 1.807) is 55.5 Å². The number of amides is 1. The number of carbonyl (C=O) groups is 2. The van der Waals surface area contributed by atoms with Crippen LogP contribution in [0, 0.1) is 6.92 Å². The summed E-state index contributed by atoms with van der Waals surface area (Å²) in [6.45, 7) is 4.26. The van der Waals surface area contributed by atoms with Crippen LogP contribution >= 0.6 is 0 Å². The van der Waals surface area contributed by atoms with Gasteiger partial charge in [0.1, 0.15) is 17.3 Å². The summed E-state index contributed by atoms with van der Waals surface area (Å²) in [6.07, 6.45) is 0.860. The van der Waals surface area contributed by atoms with Crippen LogP contribution in [0.2, 0.25) is 0 Å². The zero-order chi connectivity index (χ0) is 25.1. The third-order valence-electron chi connectivity index (χ3n) is 5.63. The Labute approximate surface area is 202 Å². The highest BCUT2D eigenvalue weighted by atomic mass is 16.5. The lowest BCUT2D eigenvalue weighted by molar-refractivity contribution is -0.132. The van der Waals surface area contributed by atoms with Crippen LogP contribution < -0.4 is 19.1 Å². The topological polar surface area (TPSA) is 111 Å². The molecule has 1 amide bonds. The molecule has 3 aromatic rings. The number of anilines is 1. The summed E-state index contributed by atoms with van der Waals surface area (Å²) in [6, 6.07) is 12.4. The molecule has 2 aromatic carbocycles. The second-order valence-corrected chi connectivity index (χ2v) is 7.95. The monoisotopic (exact) mass is 478 g/mol. The lowest BCUT2D eigenvalue weighted by Gasteiger charge is -2.23. The number of rotatable bonds is 8. The van der Waals surface area contributed by atoms with Crippen LogP contribution in [0.5, 0.6) is 17.2 Å². The molecule has 9 nitrogen and oxygen atoms in total. The van der Waals surface area contributed by atoms with Gasteiger partial charge in [-0.1, -0.05) is 24.2 Å². The van der Waals surface area contributed by atoms with E-state index in [1.807, 2.05) is 6.92 Å². The molecule has 4 rings (SSSR count). The fourth-order valence-corrected chi connectivity index (χ4v) is 3.96. The molecule has 182 valence electrons. The molecule has 0 unspecified atom stereocenters. The number of ketones is 1. The highest BCUT2D eigenvalue weighted by molar-refractivity contribution is 6.51. The highest BCUT2D eigenvalue weighted by Crippen LogP contribution is 2.43. The van der Waals surface area contributed by atoms with E-state index in [0.717, 1.165) is 6.42 Å². The van der Waals surface area contributed by atoms with Gasteiger partial charge in [-0.25, -0.2) is 0 Å². The van der Waals surface area contributed by atoms with Crippen molar-refractivity contribution in [3.8, 4) is 17.2 Å². The Morgan fingerprint density at radius 2 is 1.77 bits per heavy atom. The van der Waals surface area contributed by atoms with Crippen LogP contribution in [0.1, 0.15) is 36.3 Å². The molecular formula is C26H26N2O7. The van der Waals surface area contributed by atoms with Gasteiger partial charge in [-0.3, -0.25) is 14.5 Å². The quantitative estimate of drug-likeness (QED) is 0.288. The van der Waals surface area contributed by atoms with E-state index in [9.17, 15) is 14.7 Å². The number of methoxy groups -OCH3 is 2. The van der Waals surface area contributed by atoms with E-state index in [1.165, 1.54) is 19.1 Å². The second kappa shape index (κ2) is 9.92. The van der Waals surface area contributed by atoms with Gasteiger partial charge in [-0.2, -0.15) is 0 Å². The molecule has 9 heteroatoms. The van der Waals surface area contributed by atoms with Gasteiger partial charge in [0.15, 0.2) is 17.3 Å². The Kier molecular flexibility index (Phi) is 6.77. The van der Waals surface area contributed by atoms with Crippen molar-refractivity contribution in [2.45, 2.75) is 26.3 Å². The first-order chi connectivity index (χ1) is 16.9. The molecule has 1 N–H and O–H groups in total. The fourth-order valence-electron chi connectivity index (χ4n) is 3.96. The van der Waals surface area contributed by atoms with Crippen LogP contribution in [0.15, 0.2) is 58.6 Å². The Bertz CT molecular complexity index is 1280. The standard InChI is InChI=1S/C26H26N2O7/c1-5-12-34-18-9-6-16(7-10-18)23-22(24(29)17-8-11-19(32-3)20(14-17)33-4)25(30)26(31)28(23)21-13-15(2)35-27-21/h6-11,13-14,23,29H,5,12H2,1-4H3/b24-22+/t23-/m1/s1. The van der Waals surface area contributed by atoms with Crippen molar-refractivity contribution in [2.24, 2.45) is 0 Å². The number of aryl methyl sites for hydroxylation is 1. The number of hydrogen-bond acceptors (Lipinski definition) is 8. The summed E-state index contributed by atoms with van der Waals surface area (Å²) >= 11 is 0. The summed E-state index contributed by atoms with van der Waals surface area (Å²) in [5.41, 5.74) is 0.811. The second-order valence-electron chi connectivity index (χ2n) is 7.95. The summed E-state index contributed by atoms with van der Waals surface area (Å²) < 4.78 is 21.4. The number of nitrogens with zero attached hydrogens (tertiary/aromatic N) is 2. The maximum absolute atomic E-state index is 13.2. The largest absolute Gasteiger partial charge is 0.507 e. The van der Waals surface area contributed by atoms with Crippen molar-refractivity contribution in [3.63, 3.8) is 0 Å². The predicted molar refractivity (Wildman–Crippen MR) is 128 cm³/mol. The zero-order valence-electron chi connectivity index (χ0n) is 19.9. The number of aromatic nitrogens is 1. The van der Waals surface area contributed by atoms with Crippen molar-refractivity contribution in [1.82, 2.24) is 5.16 Å². The summed E-state index contributed by atoms with van der Waals surface area (Å²) in [4.78, 5) is 27.6. The normalized spacial score (nSPS) is 17.0. The van der Waals surface area contributed by atoms with Crippen LogP contribution in [0.3, 0.4) is 0 Å². The van der Waals surface area contributed by atoms with Gasteiger partial charge in [0.2, 0.25) is 0 Å². The van der Waals surface area contributed by atoms with Gasteiger partial charge in [-0.05, 0) is 49.2 Å². The lowest BCUT2D eigenvalue weighted by atomic mass is 9.95. The average molecular weight is 479 g/mol. The first-order valence-corrected chi connectivity index (χ1v) is 11.1. The predicted octanol–water partition coefficient (Wildman–Crippen LogP) is 4.42. The molecule has 0 bridgehead atoms. The van der Waals surface area contributed by atoms with E-state index in [-0.39, 0.29) is 17.2 Å². The molecule has 1 atom stereocenters. The number of hydrogen-bond donors (Lipinski definition) is 1. The third kappa shape index (κ3) is 4.44. The Hall–Kier alpha value is -4.27. The van der Waals surface area contributed by atoms with Crippen molar-refractivity contribution in [3.05, 3.63) is 71.0 Å². The highest BCUT2D eigenvalue weighted by Gasteiger charge is 2.48. The van der Waals surface area contributed by atoms with Gasteiger partial charge in [0.25, 0.3) is 5.78 Å². The average Bonchev–Trinajstić information content (AvgIpc) is 3.42. The molecule has 1 fully saturated rings. The molecule has 0 radical (unpaired) electrons. The lowest BCUT2D eigenvalue weighted by Crippen LogP contribution is -2.29. The van der Waals surface area contributed by atoms with Crippen LogP contribution in [-0.2, 0) is 9.59 Å². The van der Waals surface area contributed by atoms with E-state index in [2.05, 4.69) is 5.16 Å². The van der Waals surface area contributed by atoms with E-state index < -0.39 is 17.7 Å². The van der Waals surface area contributed by atoms with Crippen LogP contribution in [0.4, 0.5) is 5.82 Å². The minimum Gasteiger partial charge on any atom is -0.507 e. The molecule has 0 spiro atoms. The van der Waals surface area contributed by atoms with Crippen molar-refractivity contribution in [2.75, 3.05) is 25.7 Å². The van der Waals surface area contributed by atoms with Crippen molar-refractivity contribution >= 4 is 23.3 Å². The summed E-state index contributed by atoms with van der Waals surface area (Å²) in [5.74, 6) is 0.128. The molecule has 1 saturated heterocycles. The fraction of sp³-hybridized carbons (Fsp3) is 0.269. The maximum Gasteiger partial charge on any atom is 0.301 e. The Morgan fingerprint density at radius 1 is 1.06 bits per heavy atom. The van der Waals surface area contributed by atoms with Gasteiger partial charge in [0.05, 0.1) is 32.4 Å². The van der Waals surface area contributed by atoms with Crippen molar-refractivity contribution in [1.29, 1.82) is 0 Å². The smallest absolute Gasteiger partial charge is 0.301 e. The number of Topliss-reactive ketones (excluding diaryl/α,β-unsaturated/α-hetero) is 1. The van der Waals surface area contributed by atoms with Crippen LogP contribution in [-0.4, -0.2) is 42.8 Å². The van der Waals surface area contributed by atoms with Crippen molar-refractivity contribution < 1.29 is 33.4 Å². The first kappa shape index (κ1) is 23.9. The van der Waals surface area contributed by atoms with Gasteiger partial charge in [-0.15, -0.1) is 0 Å². The first-order valence-electron chi connectivity index (χ1n) is 11.1. The third-order valence-corrected chi connectivity index (χ3v) is 5.63. The number of ether oxygens (including phenoxy) is 3. The van der Waals surface area contributed by atoms with Gasteiger partial charge in [0, 0.05) is 11.6 Å². The number of aliphatic hydroxyl groups is 1. The molecule has 1 aliphatic heterocycles. The van der Waals surface area contributed by atoms with Gasteiger partial charge >= 0.3 is 5.91 Å². The SMILES string of the molecule is CCCOc1ccc([C@@H]2/C(=C(\O)c3ccc(OC)c(OC)c3)C(=O)C(=O)N2c2cc(C)on2)cc1. The molecule has 1 aliphatic rings. The molecule has 0 saturated carbocycles. The maximum atomic E-state index is 13.2. The molecular weight excluding hydrogens is 452 g/mol. The van der Waals surface area contributed by atoms with Gasteiger partial charge < -0.3 is 23.8 Å². The molecule has 35 heavy (non-hydrogen) atoms. The van der Waals surface area contributed by atoms with E-state index in [0.29, 0.717) is 40.7 Å². The zero-order valence-corrected chi connectivity index (χ0v) is 19.9. The van der Waals surface area contributed by atoms with E-state index in [4.69, 9.17) is 18.7 Å². The van der Waals surface area contributed by atoms with Crippen LogP contribution in [0.25, 0.3) is 5.76 Å². The number of benzene rings is 2. The van der Waals surface area contributed by atoms with E-state index >= 15 is 0 Å². The molecule has 0 aliphatic carbocycles. The summed E-state index contributed by atoms with van der Waals surface area (Å²) in [5, 5.41) is 15.2. The Balaban J connectivity index is 1.87. The number of aliphatic hydroxyl groups excluding tert-OH is 1. The molecule has 2 heterocycles. The minimum atomic E-state index is -0.937. The summed E-state index contributed by atoms with van der Waals surface area (Å²) in [7, 11) is 2.96. The molecule has 1 aromatic heterocycles.